The predicted octanol–water partition coefficient (Wildman–Crippen LogP) is 1.29. The molecule has 1 unspecified atom stereocenters. The van der Waals surface area contributed by atoms with Crippen molar-refractivity contribution in [2.45, 2.75) is 18.9 Å². The Morgan fingerprint density at radius 1 is 1.56 bits per heavy atom. The highest BCUT2D eigenvalue weighted by atomic mass is 16.7. The number of benzene rings is 1. The molecular weight excluding hydrogens is 238 g/mol. The Kier molecular flexibility index (Phi) is 3.57. The monoisotopic (exact) mass is 253 g/mol. The average Bonchev–Trinajstić information content (AvgIpc) is 2.82. The van der Waals surface area contributed by atoms with Crippen molar-refractivity contribution in [1.29, 1.82) is 0 Å². The molecule has 6 nitrogen and oxygen atoms in total. The lowest BCUT2D eigenvalue weighted by Crippen LogP contribution is -2.13. The molecule has 98 valence electrons. The zero-order valence-corrected chi connectivity index (χ0v) is 10.0. The van der Waals surface area contributed by atoms with Crippen LogP contribution in [-0.4, -0.2) is 25.0 Å². The number of methoxy groups -OCH3 is 1. The van der Waals surface area contributed by atoms with Crippen LogP contribution in [0.3, 0.4) is 0 Å². The van der Waals surface area contributed by atoms with Gasteiger partial charge in [0, 0.05) is 24.1 Å². The molecule has 3 N–H and O–H groups in total. The molecule has 1 aliphatic heterocycles. The fraction of sp³-hybridized carbons (Fsp3) is 0.417. The number of carboxylic acids is 1. The fourth-order valence-electron chi connectivity index (χ4n) is 1.84. The maximum atomic E-state index is 10.6. The summed E-state index contributed by atoms with van der Waals surface area (Å²) >= 11 is 0. The number of fused-ring (bicyclic) bond motifs is 1. The summed E-state index contributed by atoms with van der Waals surface area (Å²) in [5.41, 5.74) is 6.70. The van der Waals surface area contributed by atoms with Crippen molar-refractivity contribution >= 4 is 5.97 Å². The highest BCUT2D eigenvalue weighted by Gasteiger charge is 2.23. The largest absolute Gasteiger partial charge is 0.497 e. The minimum absolute atomic E-state index is 0.00794. The van der Waals surface area contributed by atoms with E-state index in [2.05, 4.69) is 0 Å². The molecule has 1 atom stereocenters. The lowest BCUT2D eigenvalue weighted by molar-refractivity contribution is -0.137. The van der Waals surface area contributed by atoms with Crippen LogP contribution in [0.15, 0.2) is 12.1 Å². The second kappa shape index (κ2) is 5.14. The number of hydrogen-bond donors (Lipinski definition) is 2. The van der Waals surface area contributed by atoms with E-state index >= 15 is 0 Å². The number of nitrogens with two attached hydrogens (primary N) is 1. The minimum Gasteiger partial charge on any atom is -0.497 e. The summed E-state index contributed by atoms with van der Waals surface area (Å²) in [4.78, 5) is 10.6. The van der Waals surface area contributed by atoms with Crippen molar-refractivity contribution in [3.63, 3.8) is 0 Å². The quantitative estimate of drug-likeness (QED) is 0.821. The molecule has 1 aromatic rings. The van der Waals surface area contributed by atoms with Gasteiger partial charge in [-0.2, -0.15) is 0 Å². The Hall–Kier alpha value is -1.95. The van der Waals surface area contributed by atoms with Crippen LogP contribution in [0, 0.1) is 0 Å². The number of hydrogen-bond acceptors (Lipinski definition) is 5. The molecule has 18 heavy (non-hydrogen) atoms. The first kappa shape index (κ1) is 12.5. The Bertz CT molecular complexity index is 460. The lowest BCUT2D eigenvalue weighted by Gasteiger charge is -2.14. The van der Waals surface area contributed by atoms with E-state index in [0.29, 0.717) is 29.2 Å². The van der Waals surface area contributed by atoms with Crippen molar-refractivity contribution in [2.75, 3.05) is 13.9 Å². The molecule has 1 heterocycles. The number of aliphatic carboxylic acids is 1. The predicted molar refractivity (Wildman–Crippen MR) is 62.9 cm³/mol. The van der Waals surface area contributed by atoms with E-state index in [9.17, 15) is 4.79 Å². The number of carboxylic acid groups (broad SMARTS) is 1. The standard InChI is InChI=1S/C12H15NO5/c1-16-7-4-8(9(13)2-3-11(14)15)12-10(5-7)17-6-18-12/h4-5,9H,2-3,6,13H2,1H3,(H,14,15). The number of rotatable bonds is 5. The lowest BCUT2D eigenvalue weighted by atomic mass is 10.0. The van der Waals surface area contributed by atoms with Gasteiger partial charge in [0.1, 0.15) is 5.75 Å². The molecule has 0 aromatic heterocycles. The van der Waals surface area contributed by atoms with Gasteiger partial charge in [-0.3, -0.25) is 4.79 Å². The SMILES string of the molecule is COc1cc2c(c(C(N)CCC(=O)O)c1)OCO2. The van der Waals surface area contributed by atoms with Crippen LogP contribution < -0.4 is 19.9 Å². The topological polar surface area (TPSA) is 91.0 Å². The van der Waals surface area contributed by atoms with E-state index in [1.54, 1.807) is 19.2 Å². The van der Waals surface area contributed by atoms with Crippen LogP contribution in [0.25, 0.3) is 0 Å². The second-order valence-electron chi connectivity index (χ2n) is 3.99. The molecule has 0 radical (unpaired) electrons. The smallest absolute Gasteiger partial charge is 0.303 e. The molecule has 0 bridgehead atoms. The van der Waals surface area contributed by atoms with Crippen molar-refractivity contribution in [3.8, 4) is 17.2 Å². The molecule has 0 fully saturated rings. The molecule has 0 saturated carbocycles. The van der Waals surface area contributed by atoms with Gasteiger partial charge in [0.05, 0.1) is 7.11 Å². The van der Waals surface area contributed by atoms with Crippen molar-refractivity contribution < 1.29 is 24.1 Å². The Morgan fingerprint density at radius 3 is 3.00 bits per heavy atom. The van der Waals surface area contributed by atoms with Crippen molar-refractivity contribution in [3.05, 3.63) is 17.7 Å². The molecule has 0 amide bonds. The van der Waals surface area contributed by atoms with E-state index in [1.165, 1.54) is 0 Å². The fourth-order valence-corrected chi connectivity index (χ4v) is 1.84. The molecule has 1 aliphatic rings. The van der Waals surface area contributed by atoms with Crippen LogP contribution in [0.5, 0.6) is 17.2 Å². The average molecular weight is 253 g/mol. The molecule has 6 heteroatoms. The van der Waals surface area contributed by atoms with Crippen LogP contribution in [0.2, 0.25) is 0 Å². The van der Waals surface area contributed by atoms with Crippen molar-refractivity contribution in [2.24, 2.45) is 5.73 Å². The van der Waals surface area contributed by atoms with E-state index in [4.69, 9.17) is 25.1 Å². The Balaban J connectivity index is 2.25. The van der Waals surface area contributed by atoms with Crippen molar-refractivity contribution in [1.82, 2.24) is 0 Å². The maximum Gasteiger partial charge on any atom is 0.303 e. The Morgan fingerprint density at radius 2 is 2.33 bits per heavy atom. The Labute approximate surface area is 104 Å². The zero-order valence-electron chi connectivity index (χ0n) is 10.0. The third-order valence-electron chi connectivity index (χ3n) is 2.78. The van der Waals surface area contributed by atoms with Crippen LogP contribution in [0.4, 0.5) is 0 Å². The van der Waals surface area contributed by atoms with Crippen LogP contribution >= 0.6 is 0 Å². The molecule has 0 spiro atoms. The van der Waals surface area contributed by atoms with Gasteiger partial charge < -0.3 is 25.1 Å². The van der Waals surface area contributed by atoms with Gasteiger partial charge in [-0.25, -0.2) is 0 Å². The highest BCUT2D eigenvalue weighted by molar-refractivity contribution is 5.66. The third-order valence-corrected chi connectivity index (χ3v) is 2.78. The van der Waals surface area contributed by atoms with E-state index < -0.39 is 12.0 Å². The third kappa shape index (κ3) is 2.48. The summed E-state index contributed by atoms with van der Waals surface area (Å²) < 4.78 is 15.8. The zero-order chi connectivity index (χ0) is 13.1. The van der Waals surface area contributed by atoms with Gasteiger partial charge in [-0.15, -0.1) is 0 Å². The number of carbonyl (C=O) groups is 1. The summed E-state index contributed by atoms with van der Waals surface area (Å²) in [5, 5.41) is 8.67. The van der Waals surface area contributed by atoms with Gasteiger partial charge >= 0.3 is 5.97 Å². The first-order chi connectivity index (χ1) is 8.61. The first-order valence-electron chi connectivity index (χ1n) is 5.56. The summed E-state index contributed by atoms with van der Waals surface area (Å²) in [5.74, 6) is 0.894. The summed E-state index contributed by atoms with van der Waals surface area (Å²) in [7, 11) is 1.55. The van der Waals surface area contributed by atoms with Gasteiger partial charge in [-0.1, -0.05) is 0 Å². The van der Waals surface area contributed by atoms with Gasteiger partial charge in [-0.05, 0) is 12.5 Å². The summed E-state index contributed by atoms with van der Waals surface area (Å²) in [6, 6.07) is 3.04. The normalized spacial score (nSPS) is 14.3. The first-order valence-corrected chi connectivity index (χ1v) is 5.56. The van der Waals surface area contributed by atoms with Gasteiger partial charge in [0.2, 0.25) is 6.79 Å². The van der Waals surface area contributed by atoms with E-state index in [1.807, 2.05) is 0 Å². The summed E-state index contributed by atoms with van der Waals surface area (Å²) in [6.45, 7) is 0.140. The molecular formula is C12H15NO5. The van der Waals surface area contributed by atoms with Crippen LogP contribution in [0.1, 0.15) is 24.4 Å². The summed E-state index contributed by atoms with van der Waals surface area (Å²) in [6.07, 6.45) is 0.340. The molecule has 2 rings (SSSR count). The number of ether oxygens (including phenoxy) is 3. The van der Waals surface area contributed by atoms with E-state index in [0.717, 1.165) is 0 Å². The molecule has 0 saturated heterocycles. The maximum absolute atomic E-state index is 10.6. The van der Waals surface area contributed by atoms with E-state index in [-0.39, 0.29) is 13.2 Å². The molecule has 1 aromatic carbocycles. The minimum atomic E-state index is -0.873. The van der Waals surface area contributed by atoms with Crippen LogP contribution in [-0.2, 0) is 4.79 Å². The highest BCUT2D eigenvalue weighted by Crippen LogP contribution is 2.42. The van der Waals surface area contributed by atoms with Gasteiger partial charge in [0.25, 0.3) is 0 Å². The molecule has 0 aliphatic carbocycles. The van der Waals surface area contributed by atoms with Gasteiger partial charge in [0.15, 0.2) is 11.5 Å². The second-order valence-corrected chi connectivity index (χ2v) is 3.99.